The number of carbonyl (C=O) groups is 2. The summed E-state index contributed by atoms with van der Waals surface area (Å²) in [4.78, 5) is 29.9. The van der Waals surface area contributed by atoms with E-state index in [-0.39, 0.29) is 49.3 Å². The van der Waals surface area contributed by atoms with Crippen molar-refractivity contribution in [3.8, 4) is 11.5 Å². The molecule has 31 heavy (non-hydrogen) atoms. The number of amides is 2. The molecule has 1 fully saturated rings. The lowest BCUT2D eigenvalue weighted by Crippen LogP contribution is -2.52. The summed E-state index contributed by atoms with van der Waals surface area (Å²) in [5.41, 5.74) is 0.360. The molecule has 1 aromatic heterocycles. The zero-order chi connectivity index (χ0) is 22.4. The van der Waals surface area contributed by atoms with Crippen LogP contribution in [-0.4, -0.2) is 81.4 Å². The fourth-order valence-electron chi connectivity index (χ4n) is 3.17. The van der Waals surface area contributed by atoms with Gasteiger partial charge in [-0.2, -0.15) is 4.31 Å². The van der Waals surface area contributed by atoms with Crippen LogP contribution >= 0.6 is 0 Å². The molecule has 0 atom stereocenters. The highest BCUT2D eigenvalue weighted by atomic mass is 32.2. The van der Waals surface area contributed by atoms with Crippen molar-refractivity contribution in [3.63, 3.8) is 0 Å². The highest BCUT2D eigenvalue weighted by Crippen LogP contribution is 2.31. The maximum Gasteiger partial charge on any atom is 0.253 e. The fraction of sp³-hybridized carbons (Fsp3) is 0.350. The molecular formula is C20H24N4O6S. The van der Waals surface area contributed by atoms with E-state index >= 15 is 0 Å². The number of pyridine rings is 1. The second kappa shape index (κ2) is 9.75. The summed E-state index contributed by atoms with van der Waals surface area (Å²) in [6, 6.07) is 7.81. The Hall–Kier alpha value is -3.18. The molecule has 0 aliphatic carbocycles. The van der Waals surface area contributed by atoms with Crippen LogP contribution < -0.4 is 14.8 Å². The van der Waals surface area contributed by atoms with Gasteiger partial charge >= 0.3 is 0 Å². The quantitative estimate of drug-likeness (QED) is 0.650. The molecule has 10 nitrogen and oxygen atoms in total. The SMILES string of the molecule is COc1ccc(OC)c(S(=O)(=O)N2CCN(C(=O)CNC(=O)c3cccnc3)CC2)c1. The Bertz CT molecular complexity index is 1040. The number of hydrogen-bond donors (Lipinski definition) is 1. The van der Waals surface area contributed by atoms with Crippen molar-refractivity contribution >= 4 is 21.8 Å². The van der Waals surface area contributed by atoms with Crippen LogP contribution in [0, 0.1) is 0 Å². The number of sulfonamides is 1. The minimum absolute atomic E-state index is 0.0119. The molecule has 3 rings (SSSR count). The monoisotopic (exact) mass is 448 g/mol. The molecule has 1 aliphatic heterocycles. The van der Waals surface area contributed by atoms with Gasteiger partial charge in [-0.3, -0.25) is 14.6 Å². The van der Waals surface area contributed by atoms with Gasteiger partial charge in [-0.25, -0.2) is 8.42 Å². The first kappa shape index (κ1) is 22.5. The number of aromatic nitrogens is 1. The van der Waals surface area contributed by atoms with Gasteiger partial charge in [0.15, 0.2) is 0 Å². The number of rotatable bonds is 7. The molecule has 1 aromatic carbocycles. The largest absolute Gasteiger partial charge is 0.497 e. The molecule has 2 amide bonds. The second-order valence-corrected chi connectivity index (χ2v) is 8.63. The Labute approximate surface area is 180 Å². The third-order valence-corrected chi connectivity index (χ3v) is 6.82. The van der Waals surface area contributed by atoms with Crippen molar-refractivity contribution in [1.82, 2.24) is 19.5 Å². The van der Waals surface area contributed by atoms with Crippen molar-refractivity contribution in [3.05, 3.63) is 48.3 Å². The highest BCUT2D eigenvalue weighted by molar-refractivity contribution is 7.89. The van der Waals surface area contributed by atoms with Gasteiger partial charge in [-0.15, -0.1) is 0 Å². The van der Waals surface area contributed by atoms with Gasteiger partial charge in [0.2, 0.25) is 15.9 Å². The molecule has 0 unspecified atom stereocenters. The first-order chi connectivity index (χ1) is 14.9. The van der Waals surface area contributed by atoms with Gasteiger partial charge in [-0.05, 0) is 24.3 Å². The lowest BCUT2D eigenvalue weighted by atomic mass is 10.2. The zero-order valence-corrected chi connectivity index (χ0v) is 18.1. The Morgan fingerprint density at radius 1 is 1.10 bits per heavy atom. The summed E-state index contributed by atoms with van der Waals surface area (Å²) in [6.45, 7) is 0.514. The molecule has 0 radical (unpaired) electrons. The van der Waals surface area contributed by atoms with Crippen molar-refractivity contribution in [2.75, 3.05) is 46.9 Å². The Kier molecular flexibility index (Phi) is 7.08. The third-order valence-electron chi connectivity index (χ3n) is 4.90. The van der Waals surface area contributed by atoms with E-state index in [2.05, 4.69) is 10.3 Å². The summed E-state index contributed by atoms with van der Waals surface area (Å²) >= 11 is 0. The van der Waals surface area contributed by atoms with E-state index in [0.29, 0.717) is 11.3 Å². The number of carbonyl (C=O) groups excluding carboxylic acids is 2. The fourth-order valence-corrected chi connectivity index (χ4v) is 4.76. The number of hydrogen-bond acceptors (Lipinski definition) is 7. The minimum Gasteiger partial charge on any atom is -0.497 e. The van der Waals surface area contributed by atoms with E-state index in [9.17, 15) is 18.0 Å². The molecule has 1 saturated heterocycles. The lowest BCUT2D eigenvalue weighted by molar-refractivity contribution is -0.131. The van der Waals surface area contributed by atoms with Crippen LogP contribution in [0.4, 0.5) is 0 Å². The molecule has 166 valence electrons. The van der Waals surface area contributed by atoms with Crippen LogP contribution in [-0.2, 0) is 14.8 Å². The number of methoxy groups -OCH3 is 2. The predicted octanol–water partition coefficient (Wildman–Crippen LogP) is 0.362. The van der Waals surface area contributed by atoms with E-state index in [1.807, 2.05) is 0 Å². The number of benzene rings is 1. The van der Waals surface area contributed by atoms with Crippen LogP contribution in [0.2, 0.25) is 0 Å². The predicted molar refractivity (Wildman–Crippen MR) is 111 cm³/mol. The van der Waals surface area contributed by atoms with Crippen molar-refractivity contribution in [1.29, 1.82) is 0 Å². The number of piperazine rings is 1. The summed E-state index contributed by atoms with van der Waals surface area (Å²) in [5.74, 6) is -0.0593. The van der Waals surface area contributed by atoms with E-state index < -0.39 is 15.9 Å². The van der Waals surface area contributed by atoms with Crippen molar-refractivity contribution < 1.29 is 27.5 Å². The van der Waals surface area contributed by atoms with Crippen LogP contribution in [0.5, 0.6) is 11.5 Å². The van der Waals surface area contributed by atoms with E-state index in [1.54, 1.807) is 24.4 Å². The number of nitrogens with zero attached hydrogens (tertiary/aromatic N) is 3. The maximum atomic E-state index is 13.1. The molecule has 11 heteroatoms. The normalized spacial score (nSPS) is 14.7. The summed E-state index contributed by atoms with van der Waals surface area (Å²) in [6.07, 6.45) is 2.97. The minimum atomic E-state index is -3.83. The van der Waals surface area contributed by atoms with Gasteiger partial charge in [-0.1, -0.05) is 0 Å². The van der Waals surface area contributed by atoms with Crippen molar-refractivity contribution in [2.45, 2.75) is 4.90 Å². The second-order valence-electron chi connectivity index (χ2n) is 6.73. The van der Waals surface area contributed by atoms with Crippen LogP contribution in [0.15, 0.2) is 47.6 Å². The zero-order valence-electron chi connectivity index (χ0n) is 17.3. The Balaban J connectivity index is 1.60. The van der Waals surface area contributed by atoms with Gasteiger partial charge < -0.3 is 19.7 Å². The standard InChI is InChI=1S/C20H24N4O6S/c1-29-16-5-6-17(30-2)18(12-16)31(27,28)24-10-8-23(9-11-24)19(25)14-22-20(26)15-4-3-7-21-13-15/h3-7,12-13H,8-11,14H2,1-2H3,(H,22,26). The third kappa shape index (κ3) is 5.12. The van der Waals surface area contributed by atoms with Gasteiger partial charge in [0.05, 0.1) is 26.3 Å². The number of nitrogens with one attached hydrogen (secondary N) is 1. The summed E-state index contributed by atoms with van der Waals surface area (Å²) in [5, 5.41) is 2.56. The first-order valence-electron chi connectivity index (χ1n) is 9.55. The lowest BCUT2D eigenvalue weighted by Gasteiger charge is -2.34. The smallest absolute Gasteiger partial charge is 0.253 e. The molecule has 1 N–H and O–H groups in total. The summed E-state index contributed by atoms with van der Waals surface area (Å²) in [7, 11) is -0.980. The molecule has 2 aromatic rings. The average Bonchev–Trinajstić information content (AvgIpc) is 2.82. The van der Waals surface area contributed by atoms with Gasteiger partial charge in [0.1, 0.15) is 16.4 Å². The van der Waals surface area contributed by atoms with Gasteiger partial charge in [0, 0.05) is 44.6 Å². The molecular weight excluding hydrogens is 424 g/mol. The topological polar surface area (TPSA) is 118 Å². The van der Waals surface area contributed by atoms with Gasteiger partial charge in [0.25, 0.3) is 5.91 Å². The molecule has 0 spiro atoms. The maximum absolute atomic E-state index is 13.1. The average molecular weight is 449 g/mol. The van der Waals surface area contributed by atoms with Crippen LogP contribution in [0.25, 0.3) is 0 Å². The van der Waals surface area contributed by atoms with Crippen LogP contribution in [0.3, 0.4) is 0 Å². The van der Waals surface area contributed by atoms with E-state index in [4.69, 9.17) is 9.47 Å². The van der Waals surface area contributed by atoms with Crippen molar-refractivity contribution in [2.24, 2.45) is 0 Å². The Morgan fingerprint density at radius 2 is 1.84 bits per heavy atom. The Morgan fingerprint density at radius 3 is 2.45 bits per heavy atom. The van der Waals surface area contributed by atoms with E-state index in [1.165, 1.54) is 41.8 Å². The number of ether oxygens (including phenoxy) is 2. The van der Waals surface area contributed by atoms with Crippen LogP contribution in [0.1, 0.15) is 10.4 Å². The summed E-state index contributed by atoms with van der Waals surface area (Å²) < 4.78 is 37.9. The molecule has 2 heterocycles. The van der Waals surface area contributed by atoms with E-state index in [0.717, 1.165) is 0 Å². The molecule has 0 saturated carbocycles. The first-order valence-corrected chi connectivity index (χ1v) is 11.0. The highest BCUT2D eigenvalue weighted by Gasteiger charge is 2.32. The molecule has 0 bridgehead atoms. The molecule has 1 aliphatic rings.